The molecule has 3 rings (SSSR count). The molecule has 3 aromatic carbocycles. The zero-order valence-corrected chi connectivity index (χ0v) is 17.6. The Bertz CT molecular complexity index is 1000. The summed E-state index contributed by atoms with van der Waals surface area (Å²) >= 11 is 0. The Balaban J connectivity index is 1.86. The molecule has 146 valence electrons. The number of carbonyl (C=O) groups is 1. The second-order valence-electron chi connectivity index (χ2n) is 8.31. The summed E-state index contributed by atoms with van der Waals surface area (Å²) in [7, 11) is 1.57. The predicted octanol–water partition coefficient (Wildman–Crippen LogP) is 6.12. The van der Waals surface area contributed by atoms with Crippen molar-refractivity contribution in [2.45, 2.75) is 46.6 Å². The van der Waals surface area contributed by atoms with Crippen LogP contribution in [0.5, 0.6) is 5.75 Å². The fraction of sp³-hybridized carbons (Fsp3) is 0.320. The van der Waals surface area contributed by atoms with Crippen LogP contribution in [0.3, 0.4) is 0 Å². The normalized spacial score (nSPS) is 11.5. The molecular weight excluding hydrogens is 348 g/mol. The number of esters is 1. The fourth-order valence-corrected chi connectivity index (χ4v) is 3.42. The van der Waals surface area contributed by atoms with Crippen LogP contribution in [-0.4, -0.2) is 13.1 Å². The first kappa shape index (κ1) is 19.9. The molecule has 0 bridgehead atoms. The van der Waals surface area contributed by atoms with E-state index < -0.39 is 0 Å². The van der Waals surface area contributed by atoms with Gasteiger partial charge in [-0.2, -0.15) is 0 Å². The molecule has 0 aliphatic heterocycles. The van der Waals surface area contributed by atoms with E-state index in [2.05, 4.69) is 46.8 Å². The van der Waals surface area contributed by atoms with Gasteiger partial charge >= 0.3 is 5.97 Å². The van der Waals surface area contributed by atoms with Gasteiger partial charge in [0.1, 0.15) is 17.9 Å². The van der Waals surface area contributed by atoms with Crippen LogP contribution in [0.4, 0.5) is 0 Å². The minimum atomic E-state index is -0.374. The quantitative estimate of drug-likeness (QED) is 0.515. The number of ether oxygens (including phenoxy) is 2. The molecule has 3 nitrogen and oxygen atoms in total. The van der Waals surface area contributed by atoms with Gasteiger partial charge in [-0.25, -0.2) is 4.79 Å². The van der Waals surface area contributed by atoms with Gasteiger partial charge in [0.15, 0.2) is 0 Å². The second kappa shape index (κ2) is 7.67. The van der Waals surface area contributed by atoms with Gasteiger partial charge in [0.05, 0.1) is 7.11 Å². The highest BCUT2D eigenvalue weighted by Gasteiger charge is 2.19. The van der Waals surface area contributed by atoms with Crippen molar-refractivity contribution in [3.05, 3.63) is 76.3 Å². The molecule has 0 aliphatic carbocycles. The molecule has 3 aromatic rings. The number of aryl methyl sites for hydroxylation is 2. The summed E-state index contributed by atoms with van der Waals surface area (Å²) in [6.45, 7) is 11.0. The third kappa shape index (κ3) is 4.04. The maximum absolute atomic E-state index is 12.8. The standard InChI is InChI=1S/C25H28O3/c1-16-11-20(25(3,4)5)12-17(2)22(16)15-28-24(26)21-13-18-9-7-8-10-19(18)14-23(21)27-6/h7-14H,15H2,1-6H3. The molecule has 0 heterocycles. The van der Waals surface area contributed by atoms with Crippen molar-refractivity contribution in [1.29, 1.82) is 0 Å². The summed E-state index contributed by atoms with van der Waals surface area (Å²) < 4.78 is 11.1. The van der Waals surface area contributed by atoms with Crippen molar-refractivity contribution in [2.75, 3.05) is 7.11 Å². The summed E-state index contributed by atoms with van der Waals surface area (Å²) in [5, 5.41) is 2.01. The van der Waals surface area contributed by atoms with Crippen molar-refractivity contribution in [3.8, 4) is 5.75 Å². The number of carbonyl (C=O) groups excluding carboxylic acids is 1. The Kier molecular flexibility index (Phi) is 5.46. The molecule has 0 amide bonds. The van der Waals surface area contributed by atoms with E-state index in [1.54, 1.807) is 7.11 Å². The molecule has 0 atom stereocenters. The van der Waals surface area contributed by atoms with Crippen LogP contribution in [0.15, 0.2) is 48.5 Å². The Labute approximate surface area is 167 Å². The van der Waals surface area contributed by atoms with Crippen molar-refractivity contribution in [1.82, 2.24) is 0 Å². The van der Waals surface area contributed by atoms with E-state index in [0.717, 1.165) is 27.5 Å². The van der Waals surface area contributed by atoms with Crippen molar-refractivity contribution in [2.24, 2.45) is 0 Å². The molecule has 0 radical (unpaired) electrons. The Hall–Kier alpha value is -2.81. The largest absolute Gasteiger partial charge is 0.496 e. The molecule has 0 aromatic heterocycles. The molecule has 0 aliphatic rings. The number of fused-ring (bicyclic) bond motifs is 1. The fourth-order valence-electron chi connectivity index (χ4n) is 3.42. The van der Waals surface area contributed by atoms with E-state index in [4.69, 9.17) is 9.47 Å². The van der Waals surface area contributed by atoms with E-state index in [1.165, 1.54) is 5.56 Å². The van der Waals surface area contributed by atoms with Crippen molar-refractivity contribution < 1.29 is 14.3 Å². The van der Waals surface area contributed by atoms with Crippen molar-refractivity contribution >= 4 is 16.7 Å². The van der Waals surface area contributed by atoms with Crippen LogP contribution in [0, 0.1) is 13.8 Å². The summed E-state index contributed by atoms with van der Waals surface area (Å²) in [5.41, 5.74) is 5.16. The molecule has 0 N–H and O–H groups in total. The van der Waals surface area contributed by atoms with E-state index >= 15 is 0 Å². The minimum Gasteiger partial charge on any atom is -0.496 e. The van der Waals surface area contributed by atoms with Crippen LogP contribution in [-0.2, 0) is 16.8 Å². The lowest BCUT2D eigenvalue weighted by Crippen LogP contribution is -2.13. The average molecular weight is 376 g/mol. The van der Waals surface area contributed by atoms with Crippen LogP contribution in [0.1, 0.15) is 53.4 Å². The lowest BCUT2D eigenvalue weighted by Gasteiger charge is -2.22. The highest BCUT2D eigenvalue weighted by Crippen LogP contribution is 2.29. The van der Waals surface area contributed by atoms with Gasteiger partial charge in [0, 0.05) is 0 Å². The van der Waals surface area contributed by atoms with Crippen LogP contribution >= 0.6 is 0 Å². The zero-order chi connectivity index (χ0) is 20.5. The van der Waals surface area contributed by atoms with Gasteiger partial charge in [-0.05, 0) is 64.4 Å². The van der Waals surface area contributed by atoms with E-state index in [0.29, 0.717) is 11.3 Å². The Morgan fingerprint density at radius 2 is 1.50 bits per heavy atom. The highest BCUT2D eigenvalue weighted by atomic mass is 16.5. The lowest BCUT2D eigenvalue weighted by atomic mass is 9.84. The van der Waals surface area contributed by atoms with Crippen LogP contribution < -0.4 is 4.74 Å². The van der Waals surface area contributed by atoms with Crippen LogP contribution in [0.2, 0.25) is 0 Å². The van der Waals surface area contributed by atoms with Gasteiger partial charge in [-0.15, -0.1) is 0 Å². The smallest absolute Gasteiger partial charge is 0.342 e. The lowest BCUT2D eigenvalue weighted by molar-refractivity contribution is 0.0468. The summed E-state index contributed by atoms with van der Waals surface area (Å²) in [5.74, 6) is 0.154. The SMILES string of the molecule is COc1cc2ccccc2cc1C(=O)OCc1c(C)cc(C(C)(C)C)cc1C. The van der Waals surface area contributed by atoms with E-state index in [-0.39, 0.29) is 18.0 Å². The molecule has 0 unspecified atom stereocenters. The maximum atomic E-state index is 12.8. The molecule has 0 saturated heterocycles. The van der Waals surface area contributed by atoms with Crippen LogP contribution in [0.25, 0.3) is 10.8 Å². The summed E-state index contributed by atoms with van der Waals surface area (Å²) in [6, 6.07) is 16.0. The number of benzene rings is 3. The molecule has 3 heteroatoms. The van der Waals surface area contributed by atoms with Gasteiger partial charge < -0.3 is 9.47 Å². The maximum Gasteiger partial charge on any atom is 0.342 e. The molecule has 0 saturated carbocycles. The van der Waals surface area contributed by atoms with E-state index in [9.17, 15) is 4.79 Å². The Morgan fingerprint density at radius 3 is 2.04 bits per heavy atom. The second-order valence-corrected chi connectivity index (χ2v) is 8.31. The predicted molar refractivity (Wildman–Crippen MR) is 114 cm³/mol. The molecular formula is C25H28O3. The monoisotopic (exact) mass is 376 g/mol. The number of rotatable bonds is 4. The average Bonchev–Trinajstić information content (AvgIpc) is 2.65. The third-order valence-electron chi connectivity index (χ3n) is 5.20. The number of hydrogen-bond donors (Lipinski definition) is 0. The first-order chi connectivity index (χ1) is 13.2. The van der Waals surface area contributed by atoms with Gasteiger partial charge in [-0.1, -0.05) is 57.2 Å². The first-order valence-corrected chi connectivity index (χ1v) is 9.55. The van der Waals surface area contributed by atoms with Gasteiger partial charge in [0.2, 0.25) is 0 Å². The summed E-state index contributed by atoms with van der Waals surface area (Å²) in [4.78, 5) is 12.8. The zero-order valence-electron chi connectivity index (χ0n) is 17.6. The molecule has 28 heavy (non-hydrogen) atoms. The highest BCUT2D eigenvalue weighted by molar-refractivity contribution is 5.98. The number of hydrogen-bond acceptors (Lipinski definition) is 3. The number of methoxy groups -OCH3 is 1. The molecule has 0 fully saturated rings. The first-order valence-electron chi connectivity index (χ1n) is 9.55. The van der Waals surface area contributed by atoms with Gasteiger partial charge in [0.25, 0.3) is 0 Å². The van der Waals surface area contributed by atoms with Gasteiger partial charge in [-0.3, -0.25) is 0 Å². The Morgan fingerprint density at radius 1 is 0.929 bits per heavy atom. The third-order valence-corrected chi connectivity index (χ3v) is 5.20. The minimum absolute atomic E-state index is 0.0865. The molecule has 0 spiro atoms. The van der Waals surface area contributed by atoms with Crippen molar-refractivity contribution in [3.63, 3.8) is 0 Å². The summed E-state index contributed by atoms with van der Waals surface area (Å²) in [6.07, 6.45) is 0. The van der Waals surface area contributed by atoms with E-state index in [1.807, 2.05) is 36.4 Å². The topological polar surface area (TPSA) is 35.5 Å².